The second-order valence-electron chi connectivity index (χ2n) is 4.24. The average Bonchev–Trinajstić information content (AvgIpc) is 2.60. The SMILES string of the molecule is CO[C@]1(CO)O[C@@H](n2ccc(=O)[nH]c2=O)C(F)(F)[C@@H]1O. The molecule has 0 saturated carbocycles. The molecule has 0 aliphatic carbocycles. The molecule has 1 aromatic heterocycles. The fraction of sp³-hybridized carbons (Fsp3) is 0.600. The summed E-state index contributed by atoms with van der Waals surface area (Å²) >= 11 is 0. The summed E-state index contributed by atoms with van der Waals surface area (Å²) in [5.74, 6) is -6.27. The van der Waals surface area contributed by atoms with Crippen LogP contribution in [0.4, 0.5) is 8.78 Å². The zero-order valence-corrected chi connectivity index (χ0v) is 10.2. The van der Waals surface area contributed by atoms with Crippen molar-refractivity contribution in [2.24, 2.45) is 0 Å². The Morgan fingerprint density at radius 3 is 2.65 bits per heavy atom. The van der Waals surface area contributed by atoms with Gasteiger partial charge in [-0.25, -0.2) is 4.79 Å². The summed E-state index contributed by atoms with van der Waals surface area (Å²) in [6.45, 7) is -1.05. The lowest BCUT2D eigenvalue weighted by atomic mass is 10.1. The minimum absolute atomic E-state index is 0.404. The van der Waals surface area contributed by atoms with E-state index < -0.39 is 41.9 Å². The minimum atomic E-state index is -3.92. The molecule has 8 nitrogen and oxygen atoms in total. The van der Waals surface area contributed by atoms with Crippen molar-refractivity contribution >= 4 is 0 Å². The highest BCUT2D eigenvalue weighted by Gasteiger charge is 2.67. The smallest absolute Gasteiger partial charge is 0.330 e. The second kappa shape index (κ2) is 4.74. The van der Waals surface area contributed by atoms with E-state index >= 15 is 0 Å². The normalized spacial score (nSPS) is 32.5. The number of aliphatic hydroxyl groups excluding tert-OH is 2. The van der Waals surface area contributed by atoms with E-state index in [4.69, 9.17) is 9.84 Å². The third-order valence-corrected chi connectivity index (χ3v) is 3.09. The highest BCUT2D eigenvalue weighted by Crippen LogP contribution is 2.47. The van der Waals surface area contributed by atoms with Crippen LogP contribution in [-0.4, -0.2) is 51.3 Å². The molecule has 1 aliphatic rings. The van der Waals surface area contributed by atoms with Gasteiger partial charge in [-0.1, -0.05) is 0 Å². The Labute approximate surface area is 110 Å². The van der Waals surface area contributed by atoms with E-state index in [0.29, 0.717) is 4.57 Å². The fourth-order valence-corrected chi connectivity index (χ4v) is 1.96. The molecule has 0 spiro atoms. The van der Waals surface area contributed by atoms with Crippen molar-refractivity contribution in [3.05, 3.63) is 33.1 Å². The Morgan fingerprint density at radius 2 is 2.20 bits per heavy atom. The van der Waals surface area contributed by atoms with Crippen LogP contribution in [0.25, 0.3) is 0 Å². The van der Waals surface area contributed by atoms with Crippen LogP contribution < -0.4 is 11.2 Å². The van der Waals surface area contributed by atoms with Crippen LogP contribution in [0, 0.1) is 0 Å². The summed E-state index contributed by atoms with van der Waals surface area (Å²) in [5.41, 5.74) is -1.91. The van der Waals surface area contributed by atoms with E-state index in [1.807, 2.05) is 0 Å². The molecule has 1 aliphatic heterocycles. The van der Waals surface area contributed by atoms with Crippen molar-refractivity contribution in [3.63, 3.8) is 0 Å². The maximum atomic E-state index is 14.0. The molecular weight excluding hydrogens is 282 g/mol. The number of H-pyrrole nitrogens is 1. The Morgan fingerprint density at radius 1 is 1.55 bits per heavy atom. The standard InChI is InChI=1S/C10H12F2N2O6/c1-19-9(4-15)6(17)10(11,12)7(20-9)14-3-2-5(16)13-8(14)18/h2-3,6-7,15,17H,4H2,1H3,(H,13,16,18)/t6-,7-,9-/m1/s1. The molecule has 2 heterocycles. The molecule has 1 fully saturated rings. The maximum absolute atomic E-state index is 14.0. The van der Waals surface area contributed by atoms with Crippen LogP contribution >= 0.6 is 0 Å². The lowest BCUT2D eigenvalue weighted by molar-refractivity contribution is -0.270. The molecular formula is C10H12F2N2O6. The van der Waals surface area contributed by atoms with Gasteiger partial charge in [0.2, 0.25) is 12.0 Å². The van der Waals surface area contributed by atoms with Crippen LogP contribution in [0.3, 0.4) is 0 Å². The van der Waals surface area contributed by atoms with Gasteiger partial charge in [0.1, 0.15) is 6.61 Å². The predicted octanol–water partition coefficient (Wildman–Crippen LogP) is -1.60. The number of aromatic nitrogens is 2. The summed E-state index contributed by atoms with van der Waals surface area (Å²) in [5, 5.41) is 18.7. The third-order valence-electron chi connectivity index (χ3n) is 3.09. The Kier molecular flexibility index (Phi) is 3.50. The van der Waals surface area contributed by atoms with Crippen molar-refractivity contribution in [2.45, 2.75) is 24.0 Å². The van der Waals surface area contributed by atoms with Crippen LogP contribution in [0.5, 0.6) is 0 Å². The van der Waals surface area contributed by atoms with Crippen molar-refractivity contribution in [1.82, 2.24) is 9.55 Å². The second-order valence-corrected chi connectivity index (χ2v) is 4.24. The number of nitrogens with one attached hydrogen (secondary N) is 1. The van der Waals surface area contributed by atoms with Gasteiger partial charge in [0, 0.05) is 19.4 Å². The fourth-order valence-electron chi connectivity index (χ4n) is 1.96. The summed E-state index contributed by atoms with van der Waals surface area (Å²) in [7, 11) is 0.966. The van der Waals surface area contributed by atoms with E-state index in [2.05, 4.69) is 4.74 Å². The molecule has 2 rings (SSSR count). The number of halogens is 2. The molecule has 1 aromatic rings. The van der Waals surface area contributed by atoms with E-state index in [0.717, 1.165) is 19.4 Å². The van der Waals surface area contributed by atoms with Crippen molar-refractivity contribution < 1.29 is 28.5 Å². The zero-order chi connectivity index (χ0) is 15.1. The van der Waals surface area contributed by atoms with Crippen molar-refractivity contribution in [3.8, 4) is 0 Å². The third kappa shape index (κ3) is 1.97. The lowest BCUT2D eigenvalue weighted by Crippen LogP contribution is -2.50. The molecule has 0 aromatic carbocycles. The van der Waals surface area contributed by atoms with Gasteiger partial charge < -0.3 is 19.7 Å². The molecule has 0 radical (unpaired) electrons. The van der Waals surface area contributed by atoms with Crippen LogP contribution in [-0.2, 0) is 9.47 Å². The minimum Gasteiger partial charge on any atom is -0.391 e. The predicted molar refractivity (Wildman–Crippen MR) is 59.2 cm³/mol. The van der Waals surface area contributed by atoms with Crippen LogP contribution in [0.15, 0.2) is 21.9 Å². The first-order valence-corrected chi connectivity index (χ1v) is 5.49. The maximum Gasteiger partial charge on any atom is 0.330 e. The first-order chi connectivity index (χ1) is 9.28. The van der Waals surface area contributed by atoms with Gasteiger partial charge in [-0.15, -0.1) is 0 Å². The number of nitrogens with zero attached hydrogens (tertiary/aromatic N) is 1. The molecule has 3 N–H and O–H groups in total. The summed E-state index contributed by atoms with van der Waals surface area (Å²) in [4.78, 5) is 24.2. The van der Waals surface area contributed by atoms with E-state index in [1.165, 1.54) is 0 Å². The molecule has 1 saturated heterocycles. The molecule has 0 amide bonds. The molecule has 10 heteroatoms. The number of methoxy groups -OCH3 is 1. The molecule has 112 valence electrons. The Balaban J connectivity index is 2.52. The van der Waals surface area contributed by atoms with Crippen molar-refractivity contribution in [2.75, 3.05) is 13.7 Å². The number of alkyl halides is 2. The summed E-state index contributed by atoms with van der Waals surface area (Å²) < 4.78 is 37.9. The number of ether oxygens (including phenoxy) is 2. The van der Waals surface area contributed by atoms with Gasteiger partial charge in [-0.2, -0.15) is 8.78 Å². The number of aromatic amines is 1. The Bertz CT molecular complexity index is 608. The quantitative estimate of drug-likeness (QED) is 0.618. The average molecular weight is 294 g/mol. The largest absolute Gasteiger partial charge is 0.391 e. The highest BCUT2D eigenvalue weighted by molar-refractivity contribution is 5.02. The van der Waals surface area contributed by atoms with E-state index in [-0.39, 0.29) is 0 Å². The van der Waals surface area contributed by atoms with E-state index in [9.17, 15) is 23.5 Å². The molecule has 0 bridgehead atoms. The first kappa shape index (κ1) is 14.8. The topological polar surface area (TPSA) is 114 Å². The van der Waals surface area contributed by atoms with Gasteiger partial charge >= 0.3 is 11.6 Å². The number of rotatable bonds is 3. The van der Waals surface area contributed by atoms with Gasteiger partial charge in [-0.3, -0.25) is 14.3 Å². The van der Waals surface area contributed by atoms with E-state index in [1.54, 1.807) is 4.98 Å². The lowest BCUT2D eigenvalue weighted by Gasteiger charge is -2.27. The van der Waals surface area contributed by atoms with Crippen LogP contribution in [0.2, 0.25) is 0 Å². The highest BCUT2D eigenvalue weighted by atomic mass is 19.3. The van der Waals surface area contributed by atoms with Gasteiger partial charge in [0.05, 0.1) is 0 Å². The number of hydrogen-bond acceptors (Lipinski definition) is 6. The molecule has 20 heavy (non-hydrogen) atoms. The summed E-state index contributed by atoms with van der Waals surface area (Å²) in [6, 6.07) is 0.846. The van der Waals surface area contributed by atoms with Crippen LogP contribution in [0.1, 0.15) is 6.23 Å². The first-order valence-electron chi connectivity index (χ1n) is 5.49. The van der Waals surface area contributed by atoms with Gasteiger partial charge in [0.25, 0.3) is 5.56 Å². The molecule has 3 atom stereocenters. The van der Waals surface area contributed by atoms with Gasteiger partial charge in [-0.05, 0) is 0 Å². The Hall–Kier alpha value is -1.62. The van der Waals surface area contributed by atoms with Crippen molar-refractivity contribution in [1.29, 1.82) is 0 Å². The van der Waals surface area contributed by atoms with Gasteiger partial charge in [0.15, 0.2) is 6.10 Å². The monoisotopic (exact) mass is 294 g/mol. The summed E-state index contributed by atoms with van der Waals surface area (Å²) in [6.07, 6.45) is -3.92. The number of hydrogen-bond donors (Lipinski definition) is 3. The zero-order valence-electron chi connectivity index (χ0n) is 10.2. The molecule has 0 unspecified atom stereocenters. The number of aliphatic hydroxyl groups is 2.